The zero-order chi connectivity index (χ0) is 23.1. The SMILES string of the molecule is CCc1ccc(N2C(=O)C(=O)/C(=C(\O)c3ccc4c(c3)CCO4)C2c2ccc(O)cc2)cc1. The fourth-order valence-electron chi connectivity index (χ4n) is 4.45. The molecule has 0 saturated carbocycles. The summed E-state index contributed by atoms with van der Waals surface area (Å²) in [5.41, 5.74) is 3.71. The van der Waals surface area contributed by atoms with Crippen LogP contribution in [0.5, 0.6) is 11.5 Å². The van der Waals surface area contributed by atoms with Crippen LogP contribution in [0.4, 0.5) is 5.69 Å². The van der Waals surface area contributed by atoms with Crippen LogP contribution in [0.3, 0.4) is 0 Å². The number of nitrogens with zero attached hydrogens (tertiary/aromatic N) is 1. The summed E-state index contributed by atoms with van der Waals surface area (Å²) in [5, 5.41) is 21.0. The molecule has 0 aliphatic carbocycles. The lowest BCUT2D eigenvalue weighted by Crippen LogP contribution is -2.29. The van der Waals surface area contributed by atoms with Gasteiger partial charge >= 0.3 is 0 Å². The Hall–Kier alpha value is -4.06. The van der Waals surface area contributed by atoms with Crippen molar-refractivity contribution in [2.75, 3.05) is 11.5 Å². The Morgan fingerprint density at radius 1 is 1.03 bits per heavy atom. The minimum absolute atomic E-state index is 0.0177. The number of carbonyl (C=O) groups is 2. The normalized spacial score (nSPS) is 18.9. The van der Waals surface area contributed by atoms with Crippen molar-refractivity contribution < 1.29 is 24.5 Å². The van der Waals surface area contributed by atoms with Gasteiger partial charge in [-0.25, -0.2) is 0 Å². The van der Waals surface area contributed by atoms with Gasteiger partial charge in [0.2, 0.25) is 0 Å². The van der Waals surface area contributed by atoms with Gasteiger partial charge in [0.25, 0.3) is 11.7 Å². The van der Waals surface area contributed by atoms with E-state index in [4.69, 9.17) is 4.74 Å². The lowest BCUT2D eigenvalue weighted by atomic mass is 9.94. The first-order chi connectivity index (χ1) is 16.0. The number of phenolic OH excluding ortho intramolecular Hbond substituents is 1. The van der Waals surface area contributed by atoms with Crippen molar-refractivity contribution in [1.82, 2.24) is 0 Å². The van der Waals surface area contributed by atoms with Crippen molar-refractivity contribution in [2.45, 2.75) is 25.8 Å². The number of phenols is 1. The maximum absolute atomic E-state index is 13.2. The van der Waals surface area contributed by atoms with Gasteiger partial charge in [0.05, 0.1) is 18.2 Å². The molecule has 6 nitrogen and oxygen atoms in total. The Bertz CT molecular complexity index is 1270. The molecule has 3 aromatic carbocycles. The fraction of sp³-hybridized carbons (Fsp3) is 0.185. The largest absolute Gasteiger partial charge is 0.508 e. The predicted octanol–water partition coefficient (Wildman–Crippen LogP) is 4.52. The highest BCUT2D eigenvalue weighted by Gasteiger charge is 2.47. The Morgan fingerprint density at radius 2 is 1.76 bits per heavy atom. The summed E-state index contributed by atoms with van der Waals surface area (Å²) in [6.07, 6.45) is 1.57. The molecule has 6 heteroatoms. The minimum atomic E-state index is -0.831. The molecule has 5 rings (SSSR count). The van der Waals surface area contributed by atoms with Crippen LogP contribution in [-0.2, 0) is 22.4 Å². The van der Waals surface area contributed by atoms with Gasteiger partial charge in [-0.05, 0) is 65.6 Å². The van der Waals surface area contributed by atoms with E-state index in [0.717, 1.165) is 29.7 Å². The number of aryl methyl sites for hydroxylation is 1. The van der Waals surface area contributed by atoms with E-state index in [0.29, 0.717) is 23.4 Å². The van der Waals surface area contributed by atoms with Crippen LogP contribution in [0.15, 0.2) is 72.3 Å². The van der Waals surface area contributed by atoms with Gasteiger partial charge in [0, 0.05) is 17.7 Å². The fourth-order valence-corrected chi connectivity index (χ4v) is 4.45. The summed E-state index contributed by atoms with van der Waals surface area (Å²) in [6.45, 7) is 2.62. The van der Waals surface area contributed by atoms with Crippen molar-refractivity contribution in [1.29, 1.82) is 0 Å². The van der Waals surface area contributed by atoms with E-state index in [1.807, 2.05) is 31.2 Å². The molecule has 0 bridgehead atoms. The number of fused-ring (bicyclic) bond motifs is 1. The Morgan fingerprint density at radius 3 is 2.45 bits per heavy atom. The molecule has 3 aromatic rings. The van der Waals surface area contributed by atoms with Gasteiger partial charge in [-0.2, -0.15) is 0 Å². The second-order valence-corrected chi connectivity index (χ2v) is 8.20. The van der Waals surface area contributed by atoms with Gasteiger partial charge in [0.1, 0.15) is 17.3 Å². The Kier molecular flexibility index (Phi) is 5.13. The van der Waals surface area contributed by atoms with Gasteiger partial charge in [-0.1, -0.05) is 31.2 Å². The highest BCUT2D eigenvalue weighted by atomic mass is 16.5. The smallest absolute Gasteiger partial charge is 0.300 e. The maximum atomic E-state index is 13.2. The molecule has 33 heavy (non-hydrogen) atoms. The first-order valence-electron chi connectivity index (χ1n) is 10.9. The first kappa shape index (κ1) is 20.8. The number of hydrogen-bond donors (Lipinski definition) is 2. The third-order valence-electron chi connectivity index (χ3n) is 6.24. The van der Waals surface area contributed by atoms with Crippen molar-refractivity contribution >= 4 is 23.1 Å². The number of Topliss-reactive ketones (excluding diaryl/α,β-unsaturated/α-hetero) is 1. The van der Waals surface area contributed by atoms with Gasteiger partial charge in [0.15, 0.2) is 0 Å². The predicted molar refractivity (Wildman–Crippen MR) is 124 cm³/mol. The van der Waals surface area contributed by atoms with E-state index in [-0.39, 0.29) is 17.1 Å². The number of ketones is 1. The molecule has 166 valence electrons. The van der Waals surface area contributed by atoms with E-state index in [1.165, 1.54) is 17.0 Å². The number of aromatic hydroxyl groups is 1. The molecule has 0 radical (unpaired) electrons. The van der Waals surface area contributed by atoms with Crippen LogP contribution in [0.25, 0.3) is 5.76 Å². The molecule has 1 saturated heterocycles. The Labute approximate surface area is 191 Å². The van der Waals surface area contributed by atoms with Gasteiger partial charge in [-0.3, -0.25) is 14.5 Å². The highest BCUT2D eigenvalue weighted by Crippen LogP contribution is 2.43. The quantitative estimate of drug-likeness (QED) is 0.353. The summed E-state index contributed by atoms with van der Waals surface area (Å²) >= 11 is 0. The second-order valence-electron chi connectivity index (χ2n) is 8.20. The molecular formula is C27H23NO5. The average Bonchev–Trinajstić information content (AvgIpc) is 3.41. The molecular weight excluding hydrogens is 418 g/mol. The van der Waals surface area contributed by atoms with Gasteiger partial charge < -0.3 is 14.9 Å². The molecule has 1 amide bonds. The standard InChI is InChI=1S/C27H23NO5/c1-2-16-3-8-20(9-4-16)28-24(17-5-10-21(29)11-6-17)23(26(31)27(28)32)25(30)19-7-12-22-18(15-19)13-14-33-22/h3-12,15,24,29-30H,2,13-14H2,1H3/b25-23-. The summed E-state index contributed by atoms with van der Waals surface area (Å²) in [6, 6.07) is 18.2. The number of hydrogen-bond acceptors (Lipinski definition) is 5. The van der Waals surface area contributed by atoms with Crippen LogP contribution in [0.2, 0.25) is 0 Å². The van der Waals surface area contributed by atoms with E-state index in [2.05, 4.69) is 0 Å². The van der Waals surface area contributed by atoms with E-state index < -0.39 is 17.7 Å². The number of rotatable bonds is 4. The zero-order valence-corrected chi connectivity index (χ0v) is 18.1. The molecule has 1 unspecified atom stereocenters. The summed E-state index contributed by atoms with van der Waals surface area (Å²) < 4.78 is 5.54. The number of benzene rings is 3. The number of anilines is 1. The van der Waals surface area contributed by atoms with Crippen LogP contribution in [0, 0.1) is 0 Å². The highest BCUT2D eigenvalue weighted by molar-refractivity contribution is 6.51. The minimum Gasteiger partial charge on any atom is -0.508 e. The summed E-state index contributed by atoms with van der Waals surface area (Å²) in [7, 11) is 0. The molecule has 2 heterocycles. The third kappa shape index (κ3) is 3.53. The first-order valence-corrected chi connectivity index (χ1v) is 10.9. The molecule has 1 fully saturated rings. The topological polar surface area (TPSA) is 87.1 Å². The van der Waals surface area contributed by atoms with Crippen molar-refractivity contribution in [3.8, 4) is 11.5 Å². The monoisotopic (exact) mass is 441 g/mol. The van der Waals surface area contributed by atoms with E-state index in [1.54, 1.807) is 30.3 Å². The number of aliphatic hydroxyl groups is 1. The van der Waals surface area contributed by atoms with Crippen molar-refractivity contribution in [3.05, 3.63) is 94.6 Å². The maximum Gasteiger partial charge on any atom is 0.300 e. The number of ether oxygens (including phenoxy) is 1. The van der Waals surface area contributed by atoms with Crippen LogP contribution in [0.1, 0.15) is 35.2 Å². The number of amides is 1. The number of aliphatic hydroxyl groups excluding tert-OH is 1. The molecule has 2 aliphatic rings. The molecule has 0 aromatic heterocycles. The van der Waals surface area contributed by atoms with Crippen molar-refractivity contribution in [2.24, 2.45) is 0 Å². The summed E-state index contributed by atoms with van der Waals surface area (Å²) in [5.74, 6) is -0.848. The van der Waals surface area contributed by atoms with Crippen LogP contribution < -0.4 is 9.64 Å². The summed E-state index contributed by atoms with van der Waals surface area (Å²) in [4.78, 5) is 27.8. The molecule has 0 spiro atoms. The van der Waals surface area contributed by atoms with Crippen molar-refractivity contribution in [3.63, 3.8) is 0 Å². The van der Waals surface area contributed by atoms with Crippen LogP contribution in [-0.4, -0.2) is 28.5 Å². The van der Waals surface area contributed by atoms with Gasteiger partial charge in [-0.15, -0.1) is 0 Å². The molecule has 2 aliphatic heterocycles. The molecule has 1 atom stereocenters. The van der Waals surface area contributed by atoms with Crippen LogP contribution >= 0.6 is 0 Å². The second kappa shape index (κ2) is 8.13. The lowest BCUT2D eigenvalue weighted by Gasteiger charge is -2.25. The lowest BCUT2D eigenvalue weighted by molar-refractivity contribution is -0.132. The van der Waals surface area contributed by atoms with E-state index in [9.17, 15) is 19.8 Å². The number of carbonyl (C=O) groups excluding carboxylic acids is 2. The zero-order valence-electron chi connectivity index (χ0n) is 18.1. The third-order valence-corrected chi connectivity index (χ3v) is 6.24. The Balaban J connectivity index is 1.68. The molecule has 2 N–H and O–H groups in total. The average molecular weight is 441 g/mol. The van der Waals surface area contributed by atoms with E-state index >= 15 is 0 Å².